The summed E-state index contributed by atoms with van der Waals surface area (Å²) in [6, 6.07) is 8.93. The summed E-state index contributed by atoms with van der Waals surface area (Å²) in [5, 5.41) is 0. The Morgan fingerprint density at radius 2 is 2.07 bits per heavy atom. The fourth-order valence-corrected chi connectivity index (χ4v) is 2.36. The average Bonchev–Trinajstić information content (AvgIpc) is 2.19. The smallest absolute Gasteiger partial charge is 0.00747 e. The van der Waals surface area contributed by atoms with Crippen molar-refractivity contribution in [3.8, 4) is 0 Å². The van der Waals surface area contributed by atoms with Gasteiger partial charge in [0.2, 0.25) is 0 Å². The minimum absolute atomic E-state index is 0.640. The van der Waals surface area contributed by atoms with Crippen LogP contribution in [0, 0.1) is 0 Å². The molecule has 0 amide bonds. The molecule has 0 radical (unpaired) electrons. The number of thioether (sulfide) groups is 1. The summed E-state index contributed by atoms with van der Waals surface area (Å²) in [7, 11) is 0. The maximum Gasteiger partial charge on any atom is 0.00747 e. The van der Waals surface area contributed by atoms with Gasteiger partial charge in [0.15, 0.2) is 0 Å². The molecule has 78 valence electrons. The molecule has 0 nitrogen and oxygen atoms in total. The molecule has 0 N–H and O–H groups in total. The first-order valence-electron chi connectivity index (χ1n) is 5.46. The Labute approximate surface area is 92.1 Å². The highest BCUT2D eigenvalue weighted by atomic mass is 32.2. The average molecular weight is 208 g/mol. The van der Waals surface area contributed by atoms with Crippen LogP contribution in [0.1, 0.15) is 45.1 Å². The maximum absolute atomic E-state index is 2.32. The van der Waals surface area contributed by atoms with E-state index in [9.17, 15) is 0 Å². The van der Waals surface area contributed by atoms with Crippen LogP contribution in [0.15, 0.2) is 29.2 Å². The zero-order chi connectivity index (χ0) is 10.4. The SMILES string of the molecule is CCCCSc1cccc(C(C)C)c1. The van der Waals surface area contributed by atoms with E-state index in [0.29, 0.717) is 5.92 Å². The first-order chi connectivity index (χ1) is 6.74. The Morgan fingerprint density at radius 3 is 2.71 bits per heavy atom. The monoisotopic (exact) mass is 208 g/mol. The molecule has 0 atom stereocenters. The number of unbranched alkanes of at least 4 members (excludes halogenated alkanes) is 1. The Balaban J connectivity index is 2.55. The minimum Gasteiger partial charge on any atom is -0.126 e. The van der Waals surface area contributed by atoms with E-state index in [1.54, 1.807) is 0 Å². The highest BCUT2D eigenvalue weighted by Gasteiger charge is 2.00. The molecule has 0 bridgehead atoms. The first-order valence-corrected chi connectivity index (χ1v) is 6.45. The zero-order valence-corrected chi connectivity index (χ0v) is 10.2. The van der Waals surface area contributed by atoms with Gasteiger partial charge < -0.3 is 0 Å². The highest BCUT2D eigenvalue weighted by Crippen LogP contribution is 2.23. The van der Waals surface area contributed by atoms with Gasteiger partial charge in [0, 0.05) is 4.90 Å². The third-order valence-electron chi connectivity index (χ3n) is 2.29. The van der Waals surface area contributed by atoms with Gasteiger partial charge in [-0.25, -0.2) is 0 Å². The molecule has 1 aromatic carbocycles. The van der Waals surface area contributed by atoms with Gasteiger partial charge >= 0.3 is 0 Å². The summed E-state index contributed by atoms with van der Waals surface area (Å²) in [4.78, 5) is 1.42. The normalized spacial score (nSPS) is 10.9. The van der Waals surface area contributed by atoms with Gasteiger partial charge in [0.1, 0.15) is 0 Å². The van der Waals surface area contributed by atoms with Crippen molar-refractivity contribution >= 4 is 11.8 Å². The van der Waals surface area contributed by atoms with E-state index in [4.69, 9.17) is 0 Å². The molecule has 0 fully saturated rings. The van der Waals surface area contributed by atoms with E-state index in [1.165, 1.54) is 29.1 Å². The van der Waals surface area contributed by atoms with E-state index in [-0.39, 0.29) is 0 Å². The van der Waals surface area contributed by atoms with Crippen LogP contribution in [0.3, 0.4) is 0 Å². The lowest BCUT2D eigenvalue weighted by molar-refractivity contribution is 0.861. The molecule has 0 saturated carbocycles. The summed E-state index contributed by atoms with van der Waals surface area (Å²) in [5.41, 5.74) is 1.45. The van der Waals surface area contributed by atoms with Gasteiger partial charge in [-0.15, -0.1) is 11.8 Å². The van der Waals surface area contributed by atoms with Crippen LogP contribution in [-0.4, -0.2) is 5.75 Å². The molecule has 0 spiro atoms. The van der Waals surface area contributed by atoms with Gasteiger partial charge in [0.25, 0.3) is 0 Å². The predicted molar refractivity (Wildman–Crippen MR) is 66.2 cm³/mol. The van der Waals surface area contributed by atoms with E-state index >= 15 is 0 Å². The van der Waals surface area contributed by atoms with Crippen LogP contribution >= 0.6 is 11.8 Å². The van der Waals surface area contributed by atoms with E-state index in [2.05, 4.69) is 45.0 Å². The number of rotatable bonds is 5. The van der Waals surface area contributed by atoms with E-state index in [1.807, 2.05) is 11.8 Å². The van der Waals surface area contributed by atoms with Crippen molar-refractivity contribution < 1.29 is 0 Å². The van der Waals surface area contributed by atoms with Crippen LogP contribution < -0.4 is 0 Å². The van der Waals surface area contributed by atoms with Crippen molar-refractivity contribution in [3.63, 3.8) is 0 Å². The molecule has 0 aliphatic rings. The lowest BCUT2D eigenvalue weighted by Gasteiger charge is -2.07. The second-order valence-corrected chi connectivity index (χ2v) is 5.10. The highest BCUT2D eigenvalue weighted by molar-refractivity contribution is 7.99. The number of hydrogen-bond acceptors (Lipinski definition) is 1. The fourth-order valence-electron chi connectivity index (χ4n) is 1.30. The molecule has 14 heavy (non-hydrogen) atoms. The van der Waals surface area contributed by atoms with Crippen molar-refractivity contribution in [2.75, 3.05) is 5.75 Å². The Bertz CT molecular complexity index is 266. The predicted octanol–water partition coefficient (Wildman–Crippen LogP) is 4.70. The number of benzene rings is 1. The quantitative estimate of drug-likeness (QED) is 0.499. The lowest BCUT2D eigenvalue weighted by Crippen LogP contribution is -1.87. The second kappa shape index (κ2) is 6.13. The van der Waals surface area contributed by atoms with Crippen LogP contribution in [0.25, 0.3) is 0 Å². The third kappa shape index (κ3) is 3.75. The molecule has 0 aliphatic carbocycles. The maximum atomic E-state index is 2.32. The molecule has 0 aliphatic heterocycles. The first kappa shape index (κ1) is 11.6. The summed E-state index contributed by atoms with van der Waals surface area (Å²) in [6.45, 7) is 6.73. The number of hydrogen-bond donors (Lipinski definition) is 0. The van der Waals surface area contributed by atoms with Gasteiger partial charge in [-0.05, 0) is 35.8 Å². The Morgan fingerprint density at radius 1 is 1.29 bits per heavy atom. The van der Waals surface area contributed by atoms with E-state index < -0.39 is 0 Å². The Hall–Kier alpha value is -0.430. The standard InChI is InChI=1S/C13H20S/c1-4-5-9-14-13-8-6-7-12(10-13)11(2)3/h6-8,10-11H,4-5,9H2,1-3H3. The minimum atomic E-state index is 0.640. The molecule has 0 unspecified atom stereocenters. The molecule has 0 heterocycles. The van der Waals surface area contributed by atoms with Crippen LogP contribution in [0.5, 0.6) is 0 Å². The fraction of sp³-hybridized carbons (Fsp3) is 0.538. The molecule has 1 heteroatoms. The van der Waals surface area contributed by atoms with Crippen molar-refractivity contribution in [1.82, 2.24) is 0 Å². The second-order valence-electron chi connectivity index (χ2n) is 3.93. The van der Waals surface area contributed by atoms with Crippen molar-refractivity contribution in [2.45, 2.75) is 44.4 Å². The third-order valence-corrected chi connectivity index (χ3v) is 3.37. The molecular formula is C13H20S. The van der Waals surface area contributed by atoms with Crippen LogP contribution in [0.2, 0.25) is 0 Å². The van der Waals surface area contributed by atoms with Crippen LogP contribution in [0.4, 0.5) is 0 Å². The molecule has 0 aromatic heterocycles. The lowest BCUT2D eigenvalue weighted by atomic mass is 10.0. The summed E-state index contributed by atoms with van der Waals surface area (Å²) in [6.07, 6.45) is 2.60. The molecule has 1 aromatic rings. The van der Waals surface area contributed by atoms with Crippen molar-refractivity contribution in [2.24, 2.45) is 0 Å². The zero-order valence-electron chi connectivity index (χ0n) is 9.42. The largest absolute Gasteiger partial charge is 0.126 e. The van der Waals surface area contributed by atoms with Gasteiger partial charge in [-0.3, -0.25) is 0 Å². The van der Waals surface area contributed by atoms with Crippen molar-refractivity contribution in [3.05, 3.63) is 29.8 Å². The topological polar surface area (TPSA) is 0 Å². The summed E-state index contributed by atoms with van der Waals surface area (Å²) >= 11 is 1.98. The molecule has 1 rings (SSSR count). The van der Waals surface area contributed by atoms with Crippen molar-refractivity contribution in [1.29, 1.82) is 0 Å². The molecular weight excluding hydrogens is 188 g/mol. The van der Waals surface area contributed by atoms with Crippen LogP contribution in [-0.2, 0) is 0 Å². The van der Waals surface area contributed by atoms with Gasteiger partial charge in [-0.1, -0.05) is 39.3 Å². The van der Waals surface area contributed by atoms with Gasteiger partial charge in [-0.2, -0.15) is 0 Å². The summed E-state index contributed by atoms with van der Waals surface area (Å²) in [5.74, 6) is 1.89. The van der Waals surface area contributed by atoms with E-state index in [0.717, 1.165) is 0 Å². The van der Waals surface area contributed by atoms with Gasteiger partial charge in [0.05, 0.1) is 0 Å². The Kier molecular flexibility index (Phi) is 5.10. The summed E-state index contributed by atoms with van der Waals surface area (Å²) < 4.78 is 0. The molecule has 0 saturated heterocycles.